The van der Waals surface area contributed by atoms with Crippen molar-refractivity contribution in [1.29, 1.82) is 0 Å². The van der Waals surface area contributed by atoms with Crippen LogP contribution in [0, 0.1) is 0 Å². The largest absolute Gasteiger partial charge is 0.375 e. The normalized spacial score (nSPS) is 14.7. The van der Waals surface area contributed by atoms with Gasteiger partial charge in [-0.1, -0.05) is 42.5 Å². The predicted octanol–water partition coefficient (Wildman–Crippen LogP) is 4.47. The molecule has 5 rings (SSSR count). The van der Waals surface area contributed by atoms with E-state index in [-0.39, 0.29) is 6.04 Å². The predicted molar refractivity (Wildman–Crippen MR) is 122 cm³/mol. The third kappa shape index (κ3) is 4.64. The van der Waals surface area contributed by atoms with Crippen LogP contribution in [-0.2, 0) is 13.0 Å². The van der Waals surface area contributed by atoms with Crippen molar-refractivity contribution in [3.8, 4) is 11.4 Å². The lowest BCUT2D eigenvalue weighted by Gasteiger charge is -2.30. The Labute approximate surface area is 182 Å². The average molecular weight is 411 g/mol. The van der Waals surface area contributed by atoms with E-state index in [9.17, 15) is 0 Å². The van der Waals surface area contributed by atoms with Crippen molar-refractivity contribution in [2.75, 3.05) is 18.4 Å². The lowest BCUT2D eigenvalue weighted by Crippen LogP contribution is -2.32. The molecule has 4 aromatic rings. The Balaban J connectivity index is 1.32. The Morgan fingerprint density at radius 1 is 0.935 bits per heavy atom. The van der Waals surface area contributed by atoms with Crippen molar-refractivity contribution in [3.05, 3.63) is 96.1 Å². The van der Waals surface area contributed by atoms with Crippen LogP contribution in [0.1, 0.15) is 29.4 Å². The first-order valence-corrected chi connectivity index (χ1v) is 10.8. The zero-order valence-corrected chi connectivity index (χ0v) is 17.4. The molecule has 2 aromatic heterocycles. The van der Waals surface area contributed by atoms with Crippen LogP contribution in [0.15, 0.2) is 79.1 Å². The number of hydrogen-bond acceptors (Lipinski definition) is 5. The van der Waals surface area contributed by atoms with Gasteiger partial charge in [-0.15, -0.1) is 0 Å². The van der Waals surface area contributed by atoms with E-state index in [4.69, 9.17) is 4.98 Å². The zero-order chi connectivity index (χ0) is 20.9. The maximum atomic E-state index is 4.80. The van der Waals surface area contributed by atoms with Crippen LogP contribution in [0.2, 0.25) is 0 Å². The number of H-pyrrole nitrogens is 1. The van der Waals surface area contributed by atoms with Crippen LogP contribution in [0.5, 0.6) is 0 Å². The summed E-state index contributed by atoms with van der Waals surface area (Å²) in [6.45, 7) is 3.09. The lowest BCUT2D eigenvalue weighted by molar-refractivity contribution is 0.245. The minimum Gasteiger partial charge on any atom is -0.375 e. The molecular weight excluding hydrogens is 384 g/mol. The first-order valence-electron chi connectivity index (χ1n) is 10.8. The number of fused-ring (bicyclic) bond motifs is 1. The molecule has 1 aliphatic heterocycles. The molecule has 2 aromatic carbocycles. The van der Waals surface area contributed by atoms with Crippen molar-refractivity contribution in [1.82, 2.24) is 25.1 Å². The third-order valence-corrected chi connectivity index (χ3v) is 5.83. The van der Waals surface area contributed by atoms with Gasteiger partial charge in [0.05, 0.1) is 6.04 Å². The van der Waals surface area contributed by atoms with E-state index in [1.54, 1.807) is 12.4 Å². The fourth-order valence-electron chi connectivity index (χ4n) is 4.13. The topological polar surface area (TPSA) is 69.7 Å². The summed E-state index contributed by atoms with van der Waals surface area (Å²) in [5.41, 5.74) is 4.97. The smallest absolute Gasteiger partial charge is 0.181 e. The van der Waals surface area contributed by atoms with Crippen molar-refractivity contribution in [2.45, 2.75) is 25.4 Å². The second-order valence-electron chi connectivity index (χ2n) is 7.93. The number of pyridine rings is 1. The van der Waals surface area contributed by atoms with Gasteiger partial charge in [0.1, 0.15) is 5.82 Å². The minimum absolute atomic E-state index is 0.0441. The monoisotopic (exact) mass is 410 g/mol. The molecule has 0 radical (unpaired) electrons. The molecule has 6 heteroatoms. The molecule has 0 saturated heterocycles. The van der Waals surface area contributed by atoms with Crippen LogP contribution in [0.4, 0.5) is 5.69 Å². The van der Waals surface area contributed by atoms with Crippen molar-refractivity contribution < 1.29 is 0 Å². The van der Waals surface area contributed by atoms with E-state index in [0.717, 1.165) is 49.6 Å². The molecule has 1 unspecified atom stereocenters. The highest BCUT2D eigenvalue weighted by Crippen LogP contribution is 2.25. The average Bonchev–Trinajstić information content (AvgIpc) is 3.33. The summed E-state index contributed by atoms with van der Waals surface area (Å²) >= 11 is 0. The molecule has 1 aliphatic rings. The van der Waals surface area contributed by atoms with Crippen molar-refractivity contribution in [2.24, 2.45) is 0 Å². The summed E-state index contributed by atoms with van der Waals surface area (Å²) in [4.78, 5) is 11.4. The van der Waals surface area contributed by atoms with E-state index in [1.807, 2.05) is 30.3 Å². The number of para-hydroxylation sites is 1. The van der Waals surface area contributed by atoms with Gasteiger partial charge in [0.25, 0.3) is 0 Å². The van der Waals surface area contributed by atoms with E-state index in [2.05, 4.69) is 61.8 Å². The Hall–Kier alpha value is -3.51. The number of hydrogen-bond donors (Lipinski definition) is 2. The van der Waals surface area contributed by atoms with Crippen LogP contribution in [-0.4, -0.2) is 38.2 Å². The first-order chi connectivity index (χ1) is 15.3. The van der Waals surface area contributed by atoms with Gasteiger partial charge < -0.3 is 5.32 Å². The number of anilines is 1. The van der Waals surface area contributed by atoms with Gasteiger partial charge in [0.15, 0.2) is 5.82 Å². The first kappa shape index (κ1) is 19.5. The Morgan fingerprint density at radius 2 is 1.71 bits per heavy atom. The van der Waals surface area contributed by atoms with Gasteiger partial charge in [-0.05, 0) is 48.2 Å². The molecule has 0 amide bonds. The van der Waals surface area contributed by atoms with Gasteiger partial charge in [-0.2, -0.15) is 5.10 Å². The molecule has 0 spiro atoms. The quantitative estimate of drug-likeness (QED) is 0.470. The number of benzene rings is 2. The Kier molecular flexibility index (Phi) is 5.71. The fourth-order valence-corrected chi connectivity index (χ4v) is 4.13. The highest BCUT2D eigenvalue weighted by Gasteiger charge is 2.21. The molecular formula is C25H26N6. The molecule has 0 fully saturated rings. The number of rotatable bonds is 7. The molecule has 31 heavy (non-hydrogen) atoms. The Bertz CT molecular complexity index is 1110. The highest BCUT2D eigenvalue weighted by molar-refractivity contribution is 5.53. The summed E-state index contributed by atoms with van der Waals surface area (Å²) in [6, 6.07) is 23.0. The standard InChI is InChI=1S/C25H26N6/c1-2-8-22(9-3-1)27-23(25-28-24(29-30-25)20-10-14-26-15-11-20)13-17-31-16-12-19-6-4-5-7-21(19)18-31/h1-11,14-15,23,27H,12-13,16-18H2,(H,28,29,30). The van der Waals surface area contributed by atoms with Gasteiger partial charge >= 0.3 is 0 Å². The number of aromatic nitrogens is 4. The molecule has 1 atom stereocenters. The highest BCUT2D eigenvalue weighted by atomic mass is 15.2. The summed E-state index contributed by atoms with van der Waals surface area (Å²) in [5, 5.41) is 11.3. The zero-order valence-electron chi connectivity index (χ0n) is 17.4. The molecule has 0 bridgehead atoms. The van der Waals surface area contributed by atoms with Crippen LogP contribution < -0.4 is 5.32 Å². The van der Waals surface area contributed by atoms with Crippen LogP contribution in [0.25, 0.3) is 11.4 Å². The van der Waals surface area contributed by atoms with Gasteiger partial charge in [-0.3, -0.25) is 15.0 Å². The van der Waals surface area contributed by atoms with E-state index in [1.165, 1.54) is 11.1 Å². The van der Waals surface area contributed by atoms with E-state index < -0.39 is 0 Å². The molecule has 3 heterocycles. The summed E-state index contributed by atoms with van der Waals surface area (Å²) in [5.74, 6) is 1.55. The van der Waals surface area contributed by atoms with Crippen LogP contribution >= 0.6 is 0 Å². The van der Waals surface area contributed by atoms with E-state index in [0.29, 0.717) is 5.82 Å². The number of nitrogens with zero attached hydrogens (tertiary/aromatic N) is 4. The SMILES string of the molecule is c1ccc(NC(CCN2CCc3ccccc3C2)c2nc(-c3ccncc3)n[nH]2)cc1. The third-order valence-electron chi connectivity index (χ3n) is 5.83. The molecule has 2 N–H and O–H groups in total. The minimum atomic E-state index is 0.0441. The molecule has 0 saturated carbocycles. The van der Waals surface area contributed by atoms with Crippen LogP contribution in [0.3, 0.4) is 0 Å². The number of nitrogens with one attached hydrogen (secondary N) is 2. The van der Waals surface area contributed by atoms with Crippen molar-refractivity contribution in [3.63, 3.8) is 0 Å². The second-order valence-corrected chi connectivity index (χ2v) is 7.93. The van der Waals surface area contributed by atoms with E-state index >= 15 is 0 Å². The van der Waals surface area contributed by atoms with Gasteiger partial charge in [-0.25, -0.2) is 4.98 Å². The summed E-state index contributed by atoms with van der Waals surface area (Å²) < 4.78 is 0. The molecule has 156 valence electrons. The summed E-state index contributed by atoms with van der Waals surface area (Å²) in [6.07, 6.45) is 5.57. The molecule has 0 aliphatic carbocycles. The summed E-state index contributed by atoms with van der Waals surface area (Å²) in [7, 11) is 0. The van der Waals surface area contributed by atoms with Gasteiger partial charge in [0, 0.05) is 43.3 Å². The van der Waals surface area contributed by atoms with Gasteiger partial charge in [0.2, 0.25) is 0 Å². The molecule has 6 nitrogen and oxygen atoms in total. The fraction of sp³-hybridized carbons (Fsp3) is 0.240. The second kappa shape index (κ2) is 9.10. The maximum absolute atomic E-state index is 4.80. The number of aromatic amines is 1. The maximum Gasteiger partial charge on any atom is 0.181 e. The lowest BCUT2D eigenvalue weighted by atomic mass is 9.99. The van der Waals surface area contributed by atoms with Crippen molar-refractivity contribution >= 4 is 5.69 Å². The Morgan fingerprint density at radius 3 is 2.55 bits per heavy atom.